The van der Waals surface area contributed by atoms with Gasteiger partial charge in [0.05, 0.1) is 0 Å². The fourth-order valence-electron chi connectivity index (χ4n) is 1.62. The minimum Gasteiger partial charge on any atom is -0.375 e. The van der Waals surface area contributed by atoms with E-state index in [2.05, 4.69) is 10.3 Å². The van der Waals surface area contributed by atoms with Gasteiger partial charge in [-0.05, 0) is 19.4 Å². The highest BCUT2D eigenvalue weighted by Crippen LogP contribution is 2.35. The van der Waals surface area contributed by atoms with E-state index in [1.807, 2.05) is 6.92 Å². The number of thiazole rings is 1. The molecule has 1 aromatic heterocycles. The van der Waals surface area contributed by atoms with Gasteiger partial charge in [0.1, 0.15) is 6.61 Å². The summed E-state index contributed by atoms with van der Waals surface area (Å²) < 4.78 is 66.3. The second-order valence-electron chi connectivity index (χ2n) is 4.33. The molecule has 21 heavy (non-hydrogen) atoms. The maximum atomic E-state index is 12.5. The number of rotatable bonds is 9. The summed E-state index contributed by atoms with van der Waals surface area (Å²) in [7, 11) is 0. The Kier molecular flexibility index (Phi) is 7.47. The van der Waals surface area contributed by atoms with Crippen molar-refractivity contribution in [3.05, 3.63) is 16.1 Å². The molecule has 1 aromatic rings. The molecule has 1 rings (SSSR count). The first kappa shape index (κ1) is 18.2. The minimum absolute atomic E-state index is 0.0466. The van der Waals surface area contributed by atoms with E-state index in [0.717, 1.165) is 6.42 Å². The summed E-state index contributed by atoms with van der Waals surface area (Å²) in [4.78, 5) is 3.79. The first-order valence-electron chi connectivity index (χ1n) is 6.46. The molecule has 0 aromatic carbocycles. The van der Waals surface area contributed by atoms with Crippen LogP contribution in [-0.2, 0) is 10.9 Å². The third-order valence-electron chi connectivity index (χ3n) is 2.54. The van der Waals surface area contributed by atoms with Gasteiger partial charge in [-0.25, -0.2) is 13.8 Å². The Morgan fingerprint density at radius 3 is 2.62 bits per heavy atom. The highest BCUT2D eigenvalue weighted by molar-refractivity contribution is 7.11. The van der Waals surface area contributed by atoms with Crippen molar-refractivity contribution in [2.24, 2.45) is 0 Å². The normalized spacial score (nSPS) is 13.9. The van der Waals surface area contributed by atoms with Crippen LogP contribution in [0.25, 0.3) is 0 Å². The van der Waals surface area contributed by atoms with Gasteiger partial charge in [-0.1, -0.05) is 6.92 Å². The highest BCUT2D eigenvalue weighted by Gasteiger charge is 2.35. The SMILES string of the molecule is CCCNC(CCOCC(F)F)c1cnc(C(F)(F)F)s1. The topological polar surface area (TPSA) is 34.1 Å². The molecule has 0 aliphatic carbocycles. The number of nitrogens with zero attached hydrogens (tertiary/aromatic N) is 1. The van der Waals surface area contributed by atoms with E-state index in [4.69, 9.17) is 4.74 Å². The zero-order valence-electron chi connectivity index (χ0n) is 11.4. The zero-order chi connectivity index (χ0) is 15.9. The van der Waals surface area contributed by atoms with Crippen LogP contribution in [-0.4, -0.2) is 31.2 Å². The molecule has 1 atom stereocenters. The van der Waals surface area contributed by atoms with Crippen LogP contribution in [0.2, 0.25) is 0 Å². The Morgan fingerprint density at radius 2 is 2.10 bits per heavy atom. The van der Waals surface area contributed by atoms with Crippen LogP contribution in [0.3, 0.4) is 0 Å². The molecule has 122 valence electrons. The van der Waals surface area contributed by atoms with Crippen molar-refractivity contribution < 1.29 is 26.7 Å². The van der Waals surface area contributed by atoms with E-state index >= 15 is 0 Å². The van der Waals surface area contributed by atoms with Gasteiger partial charge < -0.3 is 10.1 Å². The lowest BCUT2D eigenvalue weighted by Gasteiger charge is -2.16. The molecular weight excluding hydrogens is 315 g/mol. The van der Waals surface area contributed by atoms with Crippen molar-refractivity contribution in [3.63, 3.8) is 0 Å². The van der Waals surface area contributed by atoms with Crippen molar-refractivity contribution in [2.45, 2.75) is 38.4 Å². The van der Waals surface area contributed by atoms with E-state index < -0.39 is 24.2 Å². The standard InChI is InChI=1S/C12H17F5N2OS/c1-2-4-18-8(3-5-20-7-10(13)14)9-6-19-11(21-9)12(15,16)17/h6,8,10,18H,2-5,7H2,1H3. The van der Waals surface area contributed by atoms with E-state index in [1.165, 1.54) is 6.20 Å². The molecule has 3 nitrogen and oxygen atoms in total. The zero-order valence-corrected chi connectivity index (χ0v) is 12.2. The Hall–Kier alpha value is -0.800. The largest absolute Gasteiger partial charge is 0.443 e. The van der Waals surface area contributed by atoms with Crippen LogP contribution in [0.4, 0.5) is 22.0 Å². The molecule has 0 saturated carbocycles. The van der Waals surface area contributed by atoms with E-state index in [0.29, 0.717) is 29.2 Å². The van der Waals surface area contributed by atoms with Crippen LogP contribution < -0.4 is 5.32 Å². The lowest BCUT2D eigenvalue weighted by atomic mass is 10.2. The summed E-state index contributed by atoms with van der Waals surface area (Å²) in [6, 6.07) is -0.378. The van der Waals surface area contributed by atoms with E-state index in [9.17, 15) is 22.0 Å². The van der Waals surface area contributed by atoms with Crippen LogP contribution in [0.15, 0.2) is 6.20 Å². The number of hydrogen-bond donors (Lipinski definition) is 1. The molecule has 1 heterocycles. The lowest BCUT2D eigenvalue weighted by Crippen LogP contribution is -2.23. The fraction of sp³-hybridized carbons (Fsp3) is 0.750. The average molecular weight is 332 g/mol. The number of alkyl halides is 5. The molecule has 0 radical (unpaired) electrons. The Bertz CT molecular complexity index is 411. The Labute approximate surface area is 123 Å². The number of aromatic nitrogens is 1. The van der Waals surface area contributed by atoms with Crippen molar-refractivity contribution in [2.75, 3.05) is 19.8 Å². The molecule has 0 spiro atoms. The smallest absolute Gasteiger partial charge is 0.375 e. The molecule has 0 aliphatic heterocycles. The molecule has 0 saturated heterocycles. The predicted octanol–water partition coefficient (Wildman–Crippen LogP) is 3.87. The van der Waals surface area contributed by atoms with Gasteiger partial charge >= 0.3 is 6.18 Å². The Morgan fingerprint density at radius 1 is 1.38 bits per heavy atom. The van der Waals surface area contributed by atoms with Gasteiger partial charge in [-0.15, -0.1) is 11.3 Å². The fourth-order valence-corrected chi connectivity index (χ4v) is 2.51. The molecule has 1 unspecified atom stereocenters. The second kappa shape index (κ2) is 8.60. The van der Waals surface area contributed by atoms with Gasteiger partial charge in [0.15, 0.2) is 5.01 Å². The van der Waals surface area contributed by atoms with Crippen LogP contribution in [0, 0.1) is 0 Å². The number of nitrogens with one attached hydrogen (secondary N) is 1. The number of ether oxygens (including phenoxy) is 1. The van der Waals surface area contributed by atoms with Crippen molar-refractivity contribution in [3.8, 4) is 0 Å². The van der Waals surface area contributed by atoms with Crippen molar-refractivity contribution >= 4 is 11.3 Å². The summed E-state index contributed by atoms with van der Waals surface area (Å²) in [5, 5.41) is 2.17. The molecule has 0 bridgehead atoms. The molecular formula is C12H17F5N2OS. The third kappa shape index (κ3) is 6.66. The molecule has 1 N–H and O–H groups in total. The van der Waals surface area contributed by atoms with Crippen LogP contribution in [0.1, 0.15) is 35.7 Å². The maximum Gasteiger partial charge on any atom is 0.443 e. The van der Waals surface area contributed by atoms with Crippen molar-refractivity contribution in [1.82, 2.24) is 10.3 Å². The highest BCUT2D eigenvalue weighted by atomic mass is 32.1. The van der Waals surface area contributed by atoms with E-state index in [1.54, 1.807) is 0 Å². The quantitative estimate of drug-likeness (QED) is 0.550. The summed E-state index contributed by atoms with van der Waals surface area (Å²) >= 11 is 0.560. The summed E-state index contributed by atoms with van der Waals surface area (Å²) in [6.07, 6.45) is -4.73. The molecule has 0 aliphatic rings. The number of hydrogen-bond acceptors (Lipinski definition) is 4. The lowest BCUT2D eigenvalue weighted by molar-refractivity contribution is -0.137. The van der Waals surface area contributed by atoms with E-state index in [-0.39, 0.29) is 12.6 Å². The summed E-state index contributed by atoms with van der Waals surface area (Å²) in [5.41, 5.74) is 0. The minimum atomic E-state index is -4.47. The Balaban J connectivity index is 2.61. The molecule has 0 fully saturated rings. The first-order valence-corrected chi connectivity index (χ1v) is 7.28. The monoisotopic (exact) mass is 332 g/mol. The summed E-state index contributed by atoms with van der Waals surface area (Å²) in [6.45, 7) is 1.91. The molecule has 0 amide bonds. The maximum absolute atomic E-state index is 12.5. The van der Waals surface area contributed by atoms with Gasteiger partial charge in [0, 0.05) is 23.7 Å². The van der Waals surface area contributed by atoms with Crippen molar-refractivity contribution in [1.29, 1.82) is 0 Å². The van der Waals surface area contributed by atoms with Gasteiger partial charge in [0.25, 0.3) is 6.43 Å². The van der Waals surface area contributed by atoms with Crippen LogP contribution >= 0.6 is 11.3 Å². The average Bonchev–Trinajstić information content (AvgIpc) is 2.87. The predicted molar refractivity (Wildman–Crippen MR) is 69.6 cm³/mol. The third-order valence-corrected chi connectivity index (χ3v) is 3.70. The molecule has 9 heteroatoms. The van der Waals surface area contributed by atoms with Crippen LogP contribution in [0.5, 0.6) is 0 Å². The summed E-state index contributed by atoms with van der Waals surface area (Å²) in [5.74, 6) is 0. The first-order chi connectivity index (χ1) is 9.84. The van der Waals surface area contributed by atoms with Gasteiger partial charge in [0.2, 0.25) is 0 Å². The van der Waals surface area contributed by atoms with Gasteiger partial charge in [-0.2, -0.15) is 13.2 Å². The van der Waals surface area contributed by atoms with Gasteiger partial charge in [-0.3, -0.25) is 0 Å². The number of halogens is 5. The second-order valence-corrected chi connectivity index (χ2v) is 5.39.